The number of thiocarbonyl (C=S) groups is 1. The molecule has 124 valence electrons. The zero-order chi connectivity index (χ0) is 17.7. The lowest BCUT2D eigenvalue weighted by atomic mass is 10.2. The number of amides is 2. The van der Waals surface area contributed by atoms with Gasteiger partial charge in [0.25, 0.3) is 11.8 Å². The zero-order valence-electron chi connectivity index (χ0n) is 11.9. The molecule has 2 amide bonds. The molecule has 0 aliphatic rings. The van der Waals surface area contributed by atoms with Gasteiger partial charge in [-0.15, -0.1) is 0 Å². The number of benzene rings is 2. The monoisotopic (exact) mass is 385 g/mol. The molecule has 9 heteroatoms. The summed E-state index contributed by atoms with van der Waals surface area (Å²) >= 11 is 16.6. The highest BCUT2D eigenvalue weighted by atomic mass is 35.5. The maximum Gasteiger partial charge on any atom is 0.271 e. The molecule has 0 unspecified atom stereocenters. The number of rotatable bonds is 2. The van der Waals surface area contributed by atoms with Gasteiger partial charge < -0.3 is 0 Å². The SMILES string of the molecule is O=C(NC(=S)NNC(=O)c1ccc(Cl)cc1Cl)c1ccc(F)cc1. The Morgan fingerprint density at radius 1 is 0.958 bits per heavy atom. The summed E-state index contributed by atoms with van der Waals surface area (Å²) in [6.45, 7) is 0. The molecule has 0 aliphatic carbocycles. The Kier molecular flexibility index (Phi) is 6.08. The standard InChI is InChI=1S/C15H10Cl2FN3O2S/c16-9-3-6-11(12(17)7-9)14(23)20-21-15(24)19-13(22)8-1-4-10(18)5-2-8/h1-7H,(H,20,23)(H2,19,21,22,24). The van der Waals surface area contributed by atoms with Crippen LogP contribution in [0.25, 0.3) is 0 Å². The smallest absolute Gasteiger partial charge is 0.271 e. The van der Waals surface area contributed by atoms with Gasteiger partial charge in [-0.2, -0.15) is 0 Å². The average Bonchev–Trinajstić information content (AvgIpc) is 2.53. The number of halogens is 3. The fraction of sp³-hybridized carbons (Fsp3) is 0. The van der Waals surface area contributed by atoms with Crippen LogP contribution in [-0.4, -0.2) is 16.9 Å². The van der Waals surface area contributed by atoms with Crippen molar-refractivity contribution >= 4 is 52.3 Å². The molecule has 0 bridgehead atoms. The lowest BCUT2D eigenvalue weighted by Gasteiger charge is -2.11. The average molecular weight is 386 g/mol. The van der Waals surface area contributed by atoms with Crippen LogP contribution < -0.4 is 16.2 Å². The van der Waals surface area contributed by atoms with Crippen molar-refractivity contribution in [3.8, 4) is 0 Å². The van der Waals surface area contributed by atoms with E-state index in [1.165, 1.54) is 30.3 Å². The molecule has 24 heavy (non-hydrogen) atoms. The molecule has 3 N–H and O–H groups in total. The Morgan fingerprint density at radius 3 is 2.25 bits per heavy atom. The Balaban J connectivity index is 1.89. The van der Waals surface area contributed by atoms with Gasteiger partial charge in [-0.1, -0.05) is 23.2 Å². The summed E-state index contributed by atoms with van der Waals surface area (Å²) in [4.78, 5) is 23.8. The summed E-state index contributed by atoms with van der Waals surface area (Å²) in [6.07, 6.45) is 0. The third-order valence-electron chi connectivity index (χ3n) is 2.80. The van der Waals surface area contributed by atoms with Gasteiger partial charge in [0.05, 0.1) is 10.6 Å². The van der Waals surface area contributed by atoms with Gasteiger partial charge in [-0.05, 0) is 54.7 Å². The third-order valence-corrected chi connectivity index (χ3v) is 3.55. The van der Waals surface area contributed by atoms with E-state index in [4.69, 9.17) is 35.4 Å². The lowest BCUT2D eigenvalue weighted by Crippen LogP contribution is -2.48. The number of nitrogens with one attached hydrogen (secondary N) is 3. The van der Waals surface area contributed by atoms with E-state index in [0.717, 1.165) is 12.1 Å². The predicted molar refractivity (Wildman–Crippen MR) is 93.5 cm³/mol. The number of hydrazine groups is 1. The van der Waals surface area contributed by atoms with Crippen molar-refractivity contribution in [2.24, 2.45) is 0 Å². The van der Waals surface area contributed by atoms with E-state index in [2.05, 4.69) is 16.2 Å². The first-order valence-electron chi connectivity index (χ1n) is 6.49. The fourth-order valence-electron chi connectivity index (χ4n) is 1.66. The maximum absolute atomic E-state index is 12.8. The van der Waals surface area contributed by atoms with Gasteiger partial charge in [0.1, 0.15) is 5.82 Å². The van der Waals surface area contributed by atoms with Crippen LogP contribution in [0.2, 0.25) is 10.0 Å². The second-order valence-electron chi connectivity index (χ2n) is 4.49. The zero-order valence-corrected chi connectivity index (χ0v) is 14.2. The van der Waals surface area contributed by atoms with Gasteiger partial charge in [-0.25, -0.2) is 4.39 Å². The van der Waals surface area contributed by atoms with Crippen molar-refractivity contribution in [1.29, 1.82) is 0 Å². The molecule has 0 spiro atoms. The van der Waals surface area contributed by atoms with Crippen molar-refractivity contribution in [1.82, 2.24) is 16.2 Å². The van der Waals surface area contributed by atoms with Gasteiger partial charge in [-0.3, -0.25) is 25.8 Å². The summed E-state index contributed by atoms with van der Waals surface area (Å²) in [5, 5.41) is 2.76. The molecule has 2 rings (SSSR count). The van der Waals surface area contributed by atoms with Crippen LogP contribution in [0.1, 0.15) is 20.7 Å². The maximum atomic E-state index is 12.8. The second kappa shape index (κ2) is 8.05. The molecule has 0 fully saturated rings. The summed E-state index contributed by atoms with van der Waals surface area (Å²) in [5.41, 5.74) is 5.06. The Labute approximate surface area is 152 Å². The van der Waals surface area contributed by atoms with Crippen LogP contribution in [0, 0.1) is 5.82 Å². The number of carbonyl (C=O) groups is 2. The fourth-order valence-corrected chi connectivity index (χ4v) is 2.30. The Hall–Kier alpha value is -2.22. The highest BCUT2D eigenvalue weighted by Gasteiger charge is 2.12. The van der Waals surface area contributed by atoms with Gasteiger partial charge in [0.15, 0.2) is 5.11 Å². The van der Waals surface area contributed by atoms with Crippen LogP contribution >= 0.6 is 35.4 Å². The van der Waals surface area contributed by atoms with Crippen LogP contribution in [0.4, 0.5) is 4.39 Å². The van der Waals surface area contributed by atoms with Crippen molar-refractivity contribution < 1.29 is 14.0 Å². The van der Waals surface area contributed by atoms with Crippen LogP contribution in [0.15, 0.2) is 42.5 Å². The van der Waals surface area contributed by atoms with E-state index in [9.17, 15) is 14.0 Å². The first-order chi connectivity index (χ1) is 11.4. The first kappa shape index (κ1) is 18.1. The molecule has 0 saturated carbocycles. The molecular formula is C15H10Cl2FN3O2S. The molecule has 0 saturated heterocycles. The molecule has 0 aromatic heterocycles. The van der Waals surface area contributed by atoms with Gasteiger partial charge >= 0.3 is 0 Å². The number of hydrogen-bond acceptors (Lipinski definition) is 3. The Bertz CT molecular complexity index is 800. The van der Waals surface area contributed by atoms with Gasteiger partial charge in [0, 0.05) is 10.6 Å². The minimum Gasteiger partial charge on any atom is -0.298 e. The van der Waals surface area contributed by atoms with Gasteiger partial charge in [0.2, 0.25) is 0 Å². The van der Waals surface area contributed by atoms with Crippen molar-refractivity contribution in [2.75, 3.05) is 0 Å². The normalized spacial score (nSPS) is 9.96. The lowest BCUT2D eigenvalue weighted by molar-refractivity contribution is 0.0934. The summed E-state index contributed by atoms with van der Waals surface area (Å²) < 4.78 is 12.8. The molecule has 2 aromatic carbocycles. The molecule has 0 atom stereocenters. The van der Waals surface area contributed by atoms with Crippen molar-refractivity contribution in [3.63, 3.8) is 0 Å². The molecular weight excluding hydrogens is 376 g/mol. The minimum atomic E-state index is -0.560. The highest BCUT2D eigenvalue weighted by molar-refractivity contribution is 7.80. The number of hydrogen-bond donors (Lipinski definition) is 3. The molecule has 0 radical (unpaired) electrons. The highest BCUT2D eigenvalue weighted by Crippen LogP contribution is 2.20. The van der Waals surface area contributed by atoms with Crippen molar-refractivity contribution in [2.45, 2.75) is 0 Å². The Morgan fingerprint density at radius 2 is 1.62 bits per heavy atom. The molecule has 2 aromatic rings. The van der Waals surface area contributed by atoms with E-state index < -0.39 is 17.6 Å². The van der Waals surface area contributed by atoms with E-state index in [1.807, 2.05) is 0 Å². The van der Waals surface area contributed by atoms with E-state index in [-0.39, 0.29) is 21.3 Å². The number of carbonyl (C=O) groups excluding carboxylic acids is 2. The predicted octanol–water partition coefficient (Wildman–Crippen LogP) is 3.08. The first-order valence-corrected chi connectivity index (χ1v) is 7.65. The topological polar surface area (TPSA) is 70.2 Å². The quantitative estimate of drug-likeness (QED) is 0.548. The second-order valence-corrected chi connectivity index (χ2v) is 5.75. The summed E-state index contributed by atoms with van der Waals surface area (Å²) in [6, 6.07) is 9.29. The van der Waals surface area contributed by atoms with E-state index in [1.54, 1.807) is 0 Å². The van der Waals surface area contributed by atoms with Crippen LogP contribution in [0.5, 0.6) is 0 Å². The third kappa shape index (κ3) is 4.89. The summed E-state index contributed by atoms with van der Waals surface area (Å²) in [7, 11) is 0. The minimum absolute atomic E-state index is 0.136. The molecule has 0 aliphatic heterocycles. The molecule has 0 heterocycles. The van der Waals surface area contributed by atoms with E-state index in [0.29, 0.717) is 5.02 Å². The van der Waals surface area contributed by atoms with E-state index >= 15 is 0 Å². The van der Waals surface area contributed by atoms with Crippen LogP contribution in [0.3, 0.4) is 0 Å². The largest absolute Gasteiger partial charge is 0.298 e. The van der Waals surface area contributed by atoms with Crippen molar-refractivity contribution in [3.05, 3.63) is 69.5 Å². The molecule has 5 nitrogen and oxygen atoms in total. The summed E-state index contributed by atoms with van der Waals surface area (Å²) in [5.74, 6) is -1.57. The van der Waals surface area contributed by atoms with Crippen LogP contribution in [-0.2, 0) is 0 Å².